The summed E-state index contributed by atoms with van der Waals surface area (Å²) in [6, 6.07) is 10.6. The highest BCUT2D eigenvalue weighted by molar-refractivity contribution is 6.09. The fourth-order valence-electron chi connectivity index (χ4n) is 3.98. The molecule has 1 atom stereocenters. The van der Waals surface area contributed by atoms with E-state index >= 15 is 0 Å². The number of carbonyl (C=O) groups excluding carboxylic acids is 1. The Morgan fingerprint density at radius 2 is 1.95 bits per heavy atom. The van der Waals surface area contributed by atoms with E-state index in [0.717, 1.165) is 43.3 Å². The molecule has 0 aromatic heterocycles. The summed E-state index contributed by atoms with van der Waals surface area (Å²) < 4.78 is 0. The molecule has 2 nitrogen and oxygen atoms in total. The maximum Gasteiger partial charge on any atom is 0.254 e. The lowest BCUT2D eigenvalue weighted by Gasteiger charge is -2.31. The van der Waals surface area contributed by atoms with Crippen LogP contribution in [0.25, 0.3) is 10.8 Å². The lowest BCUT2D eigenvalue weighted by Crippen LogP contribution is -2.39. The van der Waals surface area contributed by atoms with E-state index in [4.69, 9.17) is 0 Å². The summed E-state index contributed by atoms with van der Waals surface area (Å²) >= 11 is 0. The van der Waals surface area contributed by atoms with Crippen molar-refractivity contribution in [1.29, 1.82) is 0 Å². The summed E-state index contributed by atoms with van der Waals surface area (Å²) in [6.07, 6.45) is 4.61. The van der Waals surface area contributed by atoms with Crippen molar-refractivity contribution in [3.8, 4) is 0 Å². The van der Waals surface area contributed by atoms with Crippen molar-refractivity contribution in [2.24, 2.45) is 5.92 Å². The van der Waals surface area contributed by atoms with Crippen LogP contribution < -0.4 is 0 Å². The van der Waals surface area contributed by atoms with Crippen molar-refractivity contribution in [2.75, 3.05) is 13.1 Å². The smallest absolute Gasteiger partial charge is 0.254 e. The van der Waals surface area contributed by atoms with Crippen molar-refractivity contribution in [1.82, 2.24) is 4.90 Å². The predicted molar refractivity (Wildman–Crippen MR) is 85.7 cm³/mol. The van der Waals surface area contributed by atoms with Gasteiger partial charge in [-0.3, -0.25) is 4.79 Å². The Bertz CT molecular complexity index is 709. The predicted octanol–water partition coefficient (Wildman–Crippen LogP) is 3.81. The van der Waals surface area contributed by atoms with Crippen LogP contribution in [-0.2, 0) is 12.8 Å². The van der Waals surface area contributed by atoms with E-state index < -0.39 is 0 Å². The number of nitrogens with zero attached hydrogens (tertiary/aromatic N) is 1. The van der Waals surface area contributed by atoms with Crippen LogP contribution in [0.1, 0.15) is 41.3 Å². The monoisotopic (exact) mass is 279 g/mol. The lowest BCUT2D eigenvalue weighted by atomic mass is 9.96. The van der Waals surface area contributed by atoms with Gasteiger partial charge in [-0.05, 0) is 59.6 Å². The van der Waals surface area contributed by atoms with Crippen LogP contribution in [-0.4, -0.2) is 23.9 Å². The molecule has 108 valence electrons. The zero-order valence-corrected chi connectivity index (χ0v) is 12.6. The van der Waals surface area contributed by atoms with Gasteiger partial charge in [0.1, 0.15) is 0 Å². The van der Waals surface area contributed by atoms with E-state index in [2.05, 4.69) is 31.2 Å². The van der Waals surface area contributed by atoms with Gasteiger partial charge in [0.15, 0.2) is 0 Å². The molecule has 1 aliphatic heterocycles. The zero-order valence-electron chi connectivity index (χ0n) is 12.6. The Labute approximate surface area is 125 Å². The molecule has 1 heterocycles. The molecule has 2 aromatic rings. The Morgan fingerprint density at radius 1 is 1.14 bits per heavy atom. The van der Waals surface area contributed by atoms with Crippen molar-refractivity contribution in [2.45, 2.75) is 32.6 Å². The number of rotatable bonds is 1. The molecule has 2 heteroatoms. The molecule has 2 aromatic carbocycles. The number of likely N-dealkylation sites (tertiary alicyclic amines) is 1. The topological polar surface area (TPSA) is 20.3 Å². The van der Waals surface area contributed by atoms with Gasteiger partial charge < -0.3 is 4.90 Å². The number of hydrogen-bond donors (Lipinski definition) is 0. The maximum atomic E-state index is 12.9. The number of benzene rings is 2. The minimum absolute atomic E-state index is 0.220. The first-order chi connectivity index (χ1) is 10.2. The van der Waals surface area contributed by atoms with Crippen molar-refractivity contribution >= 4 is 16.7 Å². The van der Waals surface area contributed by atoms with Gasteiger partial charge in [0.25, 0.3) is 5.91 Å². The number of aryl methyl sites for hydroxylation is 2. The highest BCUT2D eigenvalue weighted by Crippen LogP contribution is 2.33. The van der Waals surface area contributed by atoms with Gasteiger partial charge in [-0.1, -0.05) is 31.2 Å². The second kappa shape index (κ2) is 4.87. The summed E-state index contributed by atoms with van der Waals surface area (Å²) in [6.45, 7) is 4.06. The molecular weight excluding hydrogens is 258 g/mol. The third-order valence-corrected chi connectivity index (χ3v) is 5.05. The van der Waals surface area contributed by atoms with Gasteiger partial charge in [0, 0.05) is 18.7 Å². The first-order valence-corrected chi connectivity index (χ1v) is 8.07. The lowest BCUT2D eigenvalue weighted by molar-refractivity contribution is 0.0685. The number of carbonyl (C=O) groups is 1. The Hall–Kier alpha value is -1.83. The molecule has 1 saturated heterocycles. The first-order valence-electron chi connectivity index (χ1n) is 8.07. The third-order valence-electron chi connectivity index (χ3n) is 5.05. The molecule has 2 aliphatic rings. The highest BCUT2D eigenvalue weighted by atomic mass is 16.2. The molecule has 0 radical (unpaired) electrons. The Morgan fingerprint density at radius 3 is 2.76 bits per heavy atom. The number of amides is 1. The van der Waals surface area contributed by atoms with Crippen molar-refractivity contribution in [3.63, 3.8) is 0 Å². The Kier molecular flexibility index (Phi) is 2.99. The van der Waals surface area contributed by atoms with Crippen LogP contribution in [0.4, 0.5) is 0 Å². The summed E-state index contributed by atoms with van der Waals surface area (Å²) in [7, 11) is 0. The summed E-state index contributed by atoms with van der Waals surface area (Å²) in [5.74, 6) is 0.844. The molecule has 1 aliphatic carbocycles. The second-order valence-electron chi connectivity index (χ2n) is 6.61. The standard InChI is InChI=1S/C19H21NO/c1-13-4-3-11-20(12-13)19(21)17-10-9-15-8-7-14-5-2-6-16(17)18(14)15/h2,5-6,9-10,13H,3-4,7-8,11-12H2,1H3. The van der Waals surface area contributed by atoms with Gasteiger partial charge in [0.05, 0.1) is 0 Å². The molecule has 0 spiro atoms. The van der Waals surface area contributed by atoms with E-state index in [1.807, 2.05) is 11.0 Å². The van der Waals surface area contributed by atoms with Crippen molar-refractivity contribution < 1.29 is 4.79 Å². The van der Waals surface area contributed by atoms with Crippen LogP contribution in [0.5, 0.6) is 0 Å². The minimum atomic E-state index is 0.220. The molecule has 4 rings (SSSR count). The molecular formula is C19H21NO. The summed E-state index contributed by atoms with van der Waals surface area (Å²) in [4.78, 5) is 15.0. The summed E-state index contributed by atoms with van der Waals surface area (Å²) in [5, 5.41) is 2.50. The molecule has 0 bridgehead atoms. The normalized spacial score (nSPS) is 21.0. The largest absolute Gasteiger partial charge is 0.338 e. The average molecular weight is 279 g/mol. The van der Waals surface area contributed by atoms with Gasteiger partial charge >= 0.3 is 0 Å². The zero-order chi connectivity index (χ0) is 14.4. The van der Waals surface area contributed by atoms with Crippen LogP contribution in [0.3, 0.4) is 0 Å². The second-order valence-corrected chi connectivity index (χ2v) is 6.61. The van der Waals surface area contributed by atoms with Gasteiger partial charge in [0.2, 0.25) is 0 Å². The van der Waals surface area contributed by atoms with E-state index in [1.54, 1.807) is 0 Å². The molecule has 21 heavy (non-hydrogen) atoms. The van der Waals surface area contributed by atoms with E-state index in [1.165, 1.54) is 22.9 Å². The van der Waals surface area contributed by atoms with Gasteiger partial charge in [-0.2, -0.15) is 0 Å². The molecule has 0 N–H and O–H groups in total. The van der Waals surface area contributed by atoms with Crippen LogP contribution in [0, 0.1) is 5.92 Å². The Balaban J connectivity index is 1.79. The molecule has 1 unspecified atom stereocenters. The van der Waals surface area contributed by atoms with Crippen molar-refractivity contribution in [3.05, 3.63) is 47.0 Å². The quantitative estimate of drug-likeness (QED) is 0.777. The fraction of sp³-hybridized carbons (Fsp3) is 0.421. The van der Waals surface area contributed by atoms with E-state index in [0.29, 0.717) is 5.92 Å². The minimum Gasteiger partial charge on any atom is -0.338 e. The maximum absolute atomic E-state index is 12.9. The third kappa shape index (κ3) is 2.05. The van der Waals surface area contributed by atoms with Crippen LogP contribution >= 0.6 is 0 Å². The molecule has 0 saturated carbocycles. The van der Waals surface area contributed by atoms with E-state index in [9.17, 15) is 4.79 Å². The fourth-order valence-corrected chi connectivity index (χ4v) is 3.98. The number of hydrogen-bond acceptors (Lipinski definition) is 1. The van der Waals surface area contributed by atoms with Crippen LogP contribution in [0.15, 0.2) is 30.3 Å². The SMILES string of the molecule is CC1CCCN(C(=O)c2ccc3c4c(cccc24)CC3)C1. The van der Waals surface area contributed by atoms with E-state index in [-0.39, 0.29) is 5.91 Å². The average Bonchev–Trinajstić information content (AvgIpc) is 2.92. The van der Waals surface area contributed by atoms with Crippen LogP contribution in [0.2, 0.25) is 0 Å². The first kappa shape index (κ1) is 12.9. The molecule has 1 fully saturated rings. The molecule has 1 amide bonds. The van der Waals surface area contributed by atoms with Gasteiger partial charge in [-0.25, -0.2) is 0 Å². The highest BCUT2D eigenvalue weighted by Gasteiger charge is 2.25. The van der Waals surface area contributed by atoms with Gasteiger partial charge in [-0.15, -0.1) is 0 Å². The number of piperidine rings is 1. The summed E-state index contributed by atoms with van der Waals surface area (Å²) in [5.41, 5.74) is 3.71.